The first-order chi connectivity index (χ1) is 14.5. The summed E-state index contributed by atoms with van der Waals surface area (Å²) in [6.45, 7) is 3.33. The molecule has 1 amide bonds. The molecule has 2 aromatic rings. The van der Waals surface area contributed by atoms with E-state index in [0.29, 0.717) is 46.7 Å². The van der Waals surface area contributed by atoms with Crippen molar-refractivity contribution in [2.45, 2.75) is 25.8 Å². The van der Waals surface area contributed by atoms with E-state index in [4.69, 9.17) is 27.9 Å². The van der Waals surface area contributed by atoms with Crippen LogP contribution in [0.25, 0.3) is 6.08 Å². The predicted octanol–water partition coefficient (Wildman–Crippen LogP) is 4.68. The Labute approximate surface area is 185 Å². The maximum atomic E-state index is 12.7. The van der Waals surface area contributed by atoms with Crippen LogP contribution in [0.3, 0.4) is 0 Å². The number of nitrogens with one attached hydrogen (secondary N) is 1. The minimum Gasteiger partial charge on any atom is -0.463 e. The van der Waals surface area contributed by atoms with Gasteiger partial charge in [0.15, 0.2) is 0 Å². The van der Waals surface area contributed by atoms with Gasteiger partial charge in [0.1, 0.15) is 5.82 Å². The van der Waals surface area contributed by atoms with E-state index in [1.54, 1.807) is 37.4 Å². The summed E-state index contributed by atoms with van der Waals surface area (Å²) in [5.74, 6) is 0.128. The monoisotopic (exact) mass is 447 g/mol. The fourth-order valence-electron chi connectivity index (χ4n) is 3.23. The Balaban J connectivity index is 1.55. The van der Waals surface area contributed by atoms with E-state index in [-0.39, 0.29) is 11.9 Å². The van der Waals surface area contributed by atoms with E-state index in [1.165, 1.54) is 6.08 Å². The summed E-state index contributed by atoms with van der Waals surface area (Å²) >= 11 is 12.5. The fourth-order valence-corrected chi connectivity index (χ4v) is 3.68. The number of carbonyl (C=O) groups excluding carboxylic acids is 2. The summed E-state index contributed by atoms with van der Waals surface area (Å²) in [4.78, 5) is 30.3. The molecule has 2 heterocycles. The van der Waals surface area contributed by atoms with Crippen LogP contribution in [0.1, 0.15) is 35.7 Å². The molecule has 1 N–H and O–H groups in total. The van der Waals surface area contributed by atoms with Gasteiger partial charge in [-0.1, -0.05) is 35.3 Å². The summed E-state index contributed by atoms with van der Waals surface area (Å²) in [6, 6.07) is 8.99. The number of amides is 1. The number of esters is 1. The molecule has 158 valence electrons. The van der Waals surface area contributed by atoms with Crippen LogP contribution in [0, 0.1) is 0 Å². The number of carbonyl (C=O) groups is 2. The Morgan fingerprint density at radius 3 is 2.63 bits per heavy atom. The van der Waals surface area contributed by atoms with Gasteiger partial charge >= 0.3 is 5.97 Å². The van der Waals surface area contributed by atoms with Gasteiger partial charge in [-0.25, -0.2) is 9.78 Å². The van der Waals surface area contributed by atoms with E-state index >= 15 is 0 Å². The average Bonchev–Trinajstić information content (AvgIpc) is 2.74. The number of hydrogen-bond donors (Lipinski definition) is 1. The SMILES string of the molecule is CCOC(=O)/C=C/c1cnc(NC2CCN(C(=O)c3ccccc3Cl)CC2)c(Cl)c1. The van der Waals surface area contributed by atoms with E-state index < -0.39 is 5.97 Å². The lowest BCUT2D eigenvalue weighted by Crippen LogP contribution is -2.42. The Hall–Kier alpha value is -2.57. The van der Waals surface area contributed by atoms with Crippen LogP contribution >= 0.6 is 23.2 Å². The third-order valence-electron chi connectivity index (χ3n) is 4.79. The highest BCUT2D eigenvalue weighted by atomic mass is 35.5. The molecule has 0 radical (unpaired) electrons. The quantitative estimate of drug-likeness (QED) is 0.513. The molecular weight excluding hydrogens is 425 g/mol. The number of pyridine rings is 1. The van der Waals surface area contributed by atoms with Crippen LogP contribution in [0.2, 0.25) is 10.0 Å². The number of piperidine rings is 1. The molecule has 0 spiro atoms. The maximum absolute atomic E-state index is 12.7. The normalized spacial score (nSPS) is 14.7. The van der Waals surface area contributed by atoms with Gasteiger partial charge in [0.2, 0.25) is 0 Å². The lowest BCUT2D eigenvalue weighted by Gasteiger charge is -2.33. The molecule has 6 nitrogen and oxygen atoms in total. The van der Waals surface area contributed by atoms with Crippen molar-refractivity contribution < 1.29 is 14.3 Å². The number of nitrogens with zero attached hydrogens (tertiary/aromatic N) is 2. The number of ether oxygens (including phenoxy) is 1. The third-order valence-corrected chi connectivity index (χ3v) is 5.41. The highest BCUT2D eigenvalue weighted by Gasteiger charge is 2.25. The Morgan fingerprint density at radius 1 is 1.23 bits per heavy atom. The predicted molar refractivity (Wildman–Crippen MR) is 119 cm³/mol. The second-order valence-corrected chi connectivity index (χ2v) is 7.69. The molecule has 8 heteroatoms. The van der Waals surface area contributed by atoms with Crippen molar-refractivity contribution in [3.8, 4) is 0 Å². The number of anilines is 1. The summed E-state index contributed by atoms with van der Waals surface area (Å²) in [5.41, 5.74) is 1.24. The molecule has 0 aliphatic carbocycles. The van der Waals surface area contributed by atoms with Crippen molar-refractivity contribution in [2.75, 3.05) is 25.0 Å². The fraction of sp³-hybridized carbons (Fsp3) is 0.318. The number of likely N-dealkylation sites (tertiary alicyclic amines) is 1. The van der Waals surface area contributed by atoms with Crippen molar-refractivity contribution >= 4 is 47.0 Å². The summed E-state index contributed by atoms with van der Waals surface area (Å²) < 4.78 is 4.85. The van der Waals surface area contributed by atoms with Crippen LogP contribution in [0.5, 0.6) is 0 Å². The van der Waals surface area contributed by atoms with Crippen LogP contribution in [-0.2, 0) is 9.53 Å². The molecule has 1 aromatic heterocycles. The van der Waals surface area contributed by atoms with Crippen molar-refractivity contribution in [3.63, 3.8) is 0 Å². The van der Waals surface area contributed by atoms with Gasteiger partial charge in [-0.15, -0.1) is 0 Å². The van der Waals surface area contributed by atoms with Crippen LogP contribution in [-0.4, -0.2) is 47.5 Å². The minimum absolute atomic E-state index is 0.0482. The van der Waals surface area contributed by atoms with Crippen molar-refractivity contribution in [1.82, 2.24) is 9.88 Å². The largest absolute Gasteiger partial charge is 0.463 e. The maximum Gasteiger partial charge on any atom is 0.330 e. The first-order valence-corrected chi connectivity index (χ1v) is 10.5. The second kappa shape index (κ2) is 10.5. The standard InChI is InChI=1S/C22H23Cl2N3O3/c1-2-30-20(28)8-7-15-13-19(24)21(25-14-15)26-16-9-11-27(12-10-16)22(29)17-5-3-4-6-18(17)23/h3-8,13-14,16H,2,9-12H2,1H3,(H,25,26)/b8-7+. The summed E-state index contributed by atoms with van der Waals surface area (Å²) in [5, 5.41) is 4.29. The second-order valence-electron chi connectivity index (χ2n) is 6.88. The van der Waals surface area contributed by atoms with E-state index in [1.807, 2.05) is 17.0 Å². The molecule has 3 rings (SSSR count). The van der Waals surface area contributed by atoms with E-state index in [0.717, 1.165) is 12.8 Å². The number of rotatable bonds is 6. The smallest absolute Gasteiger partial charge is 0.330 e. The average molecular weight is 448 g/mol. The molecule has 1 aliphatic heterocycles. The van der Waals surface area contributed by atoms with Gasteiger partial charge in [0.05, 0.1) is 22.2 Å². The molecule has 1 aromatic carbocycles. The van der Waals surface area contributed by atoms with E-state index in [2.05, 4.69) is 10.3 Å². The topological polar surface area (TPSA) is 71.5 Å². The Bertz CT molecular complexity index is 941. The van der Waals surface area contributed by atoms with Gasteiger partial charge < -0.3 is 15.0 Å². The van der Waals surface area contributed by atoms with Gasteiger partial charge in [-0.2, -0.15) is 0 Å². The first kappa shape index (κ1) is 22.1. The zero-order valence-electron chi connectivity index (χ0n) is 16.6. The van der Waals surface area contributed by atoms with Gasteiger partial charge in [0.25, 0.3) is 5.91 Å². The van der Waals surface area contributed by atoms with Gasteiger partial charge in [-0.05, 0) is 49.6 Å². The summed E-state index contributed by atoms with van der Waals surface area (Å²) in [7, 11) is 0. The third kappa shape index (κ3) is 5.74. The van der Waals surface area contributed by atoms with Gasteiger partial charge in [0, 0.05) is 31.4 Å². The number of aromatic nitrogens is 1. The molecule has 0 bridgehead atoms. The number of halogens is 2. The molecule has 0 saturated carbocycles. The molecule has 1 aliphatic rings. The zero-order valence-corrected chi connectivity index (χ0v) is 18.1. The Morgan fingerprint density at radius 2 is 1.97 bits per heavy atom. The highest BCUT2D eigenvalue weighted by molar-refractivity contribution is 6.34. The van der Waals surface area contributed by atoms with Crippen LogP contribution < -0.4 is 5.32 Å². The van der Waals surface area contributed by atoms with Crippen molar-refractivity contribution in [2.24, 2.45) is 0 Å². The number of hydrogen-bond acceptors (Lipinski definition) is 5. The molecule has 0 unspecified atom stereocenters. The summed E-state index contributed by atoms with van der Waals surface area (Å²) in [6.07, 6.45) is 6.15. The molecule has 0 atom stereocenters. The van der Waals surface area contributed by atoms with Gasteiger partial charge in [-0.3, -0.25) is 4.79 Å². The lowest BCUT2D eigenvalue weighted by molar-refractivity contribution is -0.137. The molecule has 1 saturated heterocycles. The lowest BCUT2D eigenvalue weighted by atomic mass is 10.0. The van der Waals surface area contributed by atoms with Crippen LogP contribution in [0.15, 0.2) is 42.6 Å². The Kier molecular flexibility index (Phi) is 7.71. The zero-order chi connectivity index (χ0) is 21.5. The first-order valence-electron chi connectivity index (χ1n) is 9.78. The van der Waals surface area contributed by atoms with E-state index in [9.17, 15) is 9.59 Å². The molecule has 1 fully saturated rings. The number of benzene rings is 1. The minimum atomic E-state index is -0.408. The van der Waals surface area contributed by atoms with Crippen LogP contribution in [0.4, 0.5) is 5.82 Å². The van der Waals surface area contributed by atoms with Crippen molar-refractivity contribution in [3.05, 3.63) is 63.8 Å². The highest BCUT2D eigenvalue weighted by Crippen LogP contribution is 2.25. The molecule has 30 heavy (non-hydrogen) atoms. The van der Waals surface area contributed by atoms with Crippen molar-refractivity contribution in [1.29, 1.82) is 0 Å². The molecular formula is C22H23Cl2N3O3.